The van der Waals surface area contributed by atoms with Crippen LogP contribution in [0.25, 0.3) is 0 Å². The summed E-state index contributed by atoms with van der Waals surface area (Å²) in [6.45, 7) is 2.60. The lowest BCUT2D eigenvalue weighted by atomic mass is 9.98. The highest BCUT2D eigenvalue weighted by atomic mass is 16.7. The van der Waals surface area contributed by atoms with Crippen molar-refractivity contribution in [1.82, 2.24) is 0 Å². The molecule has 2 heterocycles. The van der Waals surface area contributed by atoms with E-state index >= 15 is 0 Å². The number of hydrogen-bond donors (Lipinski definition) is 7. The SMILES string of the molecule is CCCCCC/C=C/CCCCCCCC(=O)OC[C@H](CO[C@H]1O[C@@H](CO[C@H]2O[C@@H](CO)[C@@H](O)C(O)C2O)[C@@H](O)C(O)C1O)OC(=O)CCCCCCCCCCCCCCCCCCCCCC. The molecule has 0 radical (unpaired) electrons. The Morgan fingerprint density at radius 3 is 1.29 bits per heavy atom. The summed E-state index contributed by atoms with van der Waals surface area (Å²) in [5, 5.41) is 72.2. The summed E-state index contributed by atoms with van der Waals surface area (Å²) in [7, 11) is 0. The van der Waals surface area contributed by atoms with Crippen LogP contribution in [0.5, 0.6) is 0 Å². The zero-order chi connectivity index (χ0) is 50.3. The first kappa shape index (κ1) is 63.4. The molecule has 15 nitrogen and oxygen atoms in total. The molecule has 2 aliphatic rings. The maximum atomic E-state index is 13.0. The van der Waals surface area contributed by atoms with Crippen LogP contribution in [0.4, 0.5) is 0 Å². The van der Waals surface area contributed by atoms with Crippen LogP contribution in [-0.4, -0.2) is 142 Å². The molecule has 2 saturated heterocycles. The first-order chi connectivity index (χ1) is 33.5. The first-order valence-corrected chi connectivity index (χ1v) is 27.8. The molecule has 4 unspecified atom stereocenters. The van der Waals surface area contributed by atoms with Gasteiger partial charge in [0.05, 0.1) is 19.8 Å². The van der Waals surface area contributed by atoms with Crippen LogP contribution >= 0.6 is 0 Å². The third-order valence-electron chi connectivity index (χ3n) is 13.5. The smallest absolute Gasteiger partial charge is 0.306 e. The fourth-order valence-electron chi connectivity index (χ4n) is 8.92. The third-order valence-corrected chi connectivity index (χ3v) is 13.5. The van der Waals surface area contributed by atoms with Gasteiger partial charge in [0.2, 0.25) is 0 Å². The van der Waals surface area contributed by atoms with Crippen LogP contribution < -0.4 is 0 Å². The molecule has 0 aromatic rings. The second-order valence-corrected chi connectivity index (χ2v) is 19.8. The van der Waals surface area contributed by atoms with Crippen LogP contribution in [0.2, 0.25) is 0 Å². The second-order valence-electron chi connectivity index (χ2n) is 19.8. The average molecular weight is 989 g/mol. The number of hydrogen-bond acceptors (Lipinski definition) is 15. The number of aliphatic hydroxyl groups excluding tert-OH is 7. The number of rotatable bonds is 44. The van der Waals surface area contributed by atoms with Crippen LogP contribution in [-0.2, 0) is 38.0 Å². The van der Waals surface area contributed by atoms with E-state index in [1.807, 2.05) is 0 Å². The van der Waals surface area contributed by atoms with E-state index in [2.05, 4.69) is 26.0 Å². The van der Waals surface area contributed by atoms with E-state index in [-0.39, 0.29) is 26.1 Å². The van der Waals surface area contributed by atoms with Gasteiger partial charge in [0.15, 0.2) is 18.7 Å². The number of allylic oxidation sites excluding steroid dienone is 2. The normalized spacial score (nSPS) is 25.6. The minimum Gasteiger partial charge on any atom is -0.462 e. The zero-order valence-electron chi connectivity index (χ0n) is 43.1. The van der Waals surface area contributed by atoms with Gasteiger partial charge in [0, 0.05) is 12.8 Å². The monoisotopic (exact) mass is 989 g/mol. The van der Waals surface area contributed by atoms with Gasteiger partial charge >= 0.3 is 11.9 Å². The standard InChI is InChI=1S/C54H100O15/c1-3-5-7-9-11-13-15-17-18-19-20-21-22-23-25-27-29-31-33-35-37-46(57)67-42(39-64-45(56)36-34-32-30-28-26-24-16-14-12-10-8-6-4-2)40-65-53-52(63)50(61)48(59)44(69-53)41-66-54-51(62)49(60)47(58)43(38-55)68-54/h14,16,42-44,47-55,58-63H,3-13,15,17-41H2,1-2H3/b16-14+/t42-,43+,44+,47-,48-,49?,50?,51?,52?,53+,54+/m1/s1. The minimum atomic E-state index is -1.76. The van der Waals surface area contributed by atoms with Crippen molar-refractivity contribution in [2.45, 2.75) is 293 Å². The van der Waals surface area contributed by atoms with Crippen molar-refractivity contribution in [1.29, 1.82) is 0 Å². The molecule has 0 bridgehead atoms. The van der Waals surface area contributed by atoms with Crippen LogP contribution in [0, 0.1) is 0 Å². The predicted molar refractivity (Wildman–Crippen MR) is 266 cm³/mol. The largest absolute Gasteiger partial charge is 0.462 e. The van der Waals surface area contributed by atoms with Gasteiger partial charge in [-0.2, -0.15) is 0 Å². The molecular formula is C54H100O15. The van der Waals surface area contributed by atoms with Gasteiger partial charge in [-0.1, -0.05) is 187 Å². The van der Waals surface area contributed by atoms with Crippen molar-refractivity contribution < 1.29 is 73.8 Å². The van der Waals surface area contributed by atoms with Gasteiger partial charge < -0.3 is 64.2 Å². The molecule has 0 aromatic carbocycles. The number of unbranched alkanes of at least 4 members (excludes halogenated alkanes) is 28. The molecule has 2 rings (SSSR count). The maximum absolute atomic E-state index is 13.0. The molecule has 0 spiro atoms. The summed E-state index contributed by atoms with van der Waals surface area (Å²) in [5.41, 5.74) is 0. The summed E-state index contributed by atoms with van der Waals surface area (Å²) in [5.74, 6) is -0.922. The Kier molecular flexibility index (Phi) is 38.3. The Morgan fingerprint density at radius 2 is 0.826 bits per heavy atom. The topological polar surface area (TPSA) is 231 Å². The van der Waals surface area contributed by atoms with E-state index in [4.69, 9.17) is 28.4 Å². The molecule has 11 atom stereocenters. The van der Waals surface area contributed by atoms with E-state index in [1.54, 1.807) is 0 Å². The number of carbonyl (C=O) groups excluding carboxylic acids is 2. The van der Waals surface area contributed by atoms with Crippen molar-refractivity contribution in [3.8, 4) is 0 Å². The summed E-state index contributed by atoms with van der Waals surface area (Å²) in [6, 6.07) is 0. The Bertz CT molecular complexity index is 1250. The van der Waals surface area contributed by atoms with Crippen molar-refractivity contribution in [2.24, 2.45) is 0 Å². The van der Waals surface area contributed by atoms with E-state index in [1.165, 1.54) is 128 Å². The van der Waals surface area contributed by atoms with Crippen molar-refractivity contribution in [2.75, 3.05) is 26.4 Å². The zero-order valence-corrected chi connectivity index (χ0v) is 43.1. The quantitative estimate of drug-likeness (QED) is 0.0172. The number of ether oxygens (including phenoxy) is 6. The van der Waals surface area contributed by atoms with E-state index in [9.17, 15) is 45.3 Å². The first-order valence-electron chi connectivity index (χ1n) is 27.8. The van der Waals surface area contributed by atoms with Gasteiger partial charge in [0.25, 0.3) is 0 Å². The van der Waals surface area contributed by atoms with Crippen molar-refractivity contribution >= 4 is 11.9 Å². The van der Waals surface area contributed by atoms with Crippen LogP contribution in [0.15, 0.2) is 12.2 Å². The Hall–Kier alpha value is -1.76. The van der Waals surface area contributed by atoms with Gasteiger partial charge in [-0.05, 0) is 38.5 Å². The van der Waals surface area contributed by atoms with E-state index < -0.39 is 92.7 Å². The average Bonchev–Trinajstić information content (AvgIpc) is 3.34. The predicted octanol–water partition coefficient (Wildman–Crippen LogP) is 8.55. The van der Waals surface area contributed by atoms with Crippen molar-refractivity contribution in [3.05, 3.63) is 12.2 Å². The van der Waals surface area contributed by atoms with Gasteiger partial charge in [-0.15, -0.1) is 0 Å². The molecule has 0 aromatic heterocycles. The maximum Gasteiger partial charge on any atom is 0.306 e. The molecule has 15 heteroatoms. The van der Waals surface area contributed by atoms with E-state index in [0.717, 1.165) is 57.8 Å². The Labute approximate surface area is 416 Å². The number of aliphatic hydroxyl groups is 7. The van der Waals surface area contributed by atoms with Gasteiger partial charge in [0.1, 0.15) is 55.4 Å². The minimum absolute atomic E-state index is 0.170. The second kappa shape index (κ2) is 41.7. The lowest BCUT2D eigenvalue weighted by molar-refractivity contribution is -0.332. The summed E-state index contributed by atoms with van der Waals surface area (Å²) in [4.78, 5) is 25.8. The Morgan fingerprint density at radius 1 is 0.449 bits per heavy atom. The highest BCUT2D eigenvalue weighted by molar-refractivity contribution is 5.70. The summed E-state index contributed by atoms with van der Waals surface area (Å²) < 4.78 is 33.6. The molecule has 2 aliphatic heterocycles. The fourth-order valence-corrected chi connectivity index (χ4v) is 8.92. The fraction of sp³-hybridized carbons (Fsp3) is 0.926. The molecule has 7 N–H and O–H groups in total. The lowest BCUT2D eigenvalue weighted by Crippen LogP contribution is -2.61. The number of esters is 2. The highest BCUT2D eigenvalue weighted by Gasteiger charge is 2.47. The number of carbonyl (C=O) groups is 2. The summed E-state index contributed by atoms with van der Waals surface area (Å²) >= 11 is 0. The van der Waals surface area contributed by atoms with E-state index in [0.29, 0.717) is 12.8 Å². The highest BCUT2D eigenvalue weighted by Crippen LogP contribution is 2.27. The molecule has 406 valence electrons. The van der Waals surface area contributed by atoms with Gasteiger partial charge in [-0.25, -0.2) is 0 Å². The summed E-state index contributed by atoms with van der Waals surface area (Å²) in [6.07, 6.45) is 25.2. The molecule has 2 fully saturated rings. The molecule has 69 heavy (non-hydrogen) atoms. The molecule has 0 aliphatic carbocycles. The van der Waals surface area contributed by atoms with Crippen LogP contribution in [0.3, 0.4) is 0 Å². The molecule has 0 saturated carbocycles. The lowest BCUT2D eigenvalue weighted by Gasteiger charge is -2.42. The Balaban J connectivity index is 1.76. The van der Waals surface area contributed by atoms with Crippen molar-refractivity contribution in [3.63, 3.8) is 0 Å². The molecule has 0 amide bonds. The van der Waals surface area contributed by atoms with Gasteiger partial charge in [-0.3, -0.25) is 9.59 Å². The van der Waals surface area contributed by atoms with Crippen LogP contribution in [0.1, 0.15) is 226 Å². The molecular weight excluding hydrogens is 889 g/mol. The third kappa shape index (κ3) is 29.5.